The first-order valence-corrected chi connectivity index (χ1v) is 12.5. The van der Waals surface area contributed by atoms with Gasteiger partial charge < -0.3 is 15.8 Å². The highest BCUT2D eigenvalue weighted by Gasteiger charge is 2.35. The Kier molecular flexibility index (Phi) is 13.2. The molecule has 1 aliphatic carbocycles. The maximum Gasteiger partial charge on any atom is 0.273 e. The van der Waals surface area contributed by atoms with E-state index >= 15 is 0 Å². The molecule has 2 heterocycles. The smallest absolute Gasteiger partial charge is 0.273 e. The van der Waals surface area contributed by atoms with Crippen molar-refractivity contribution in [2.24, 2.45) is 5.10 Å². The molecule has 1 aliphatic heterocycles. The van der Waals surface area contributed by atoms with Gasteiger partial charge in [0.1, 0.15) is 0 Å². The minimum atomic E-state index is -0.320. The minimum absolute atomic E-state index is 0.00897. The Balaban J connectivity index is 0.00000129. The standard InChI is InChI=1S/C20H29N5O3S.C2H6.C2H2/c1-3-22-23-12(2)5-6-14-11-29-18-16(15(14)19(27)21-9-4-10-26)20(28)25-24-17(18)13-7-8-13;2*1-2/h13,22,26H,3-11H2,1-2H3,(H,21,27)(H,25,28);1-2H3;1-2H/b23-12-;;. The molecule has 1 saturated carbocycles. The molecule has 1 aromatic rings. The third-order valence-electron chi connectivity index (χ3n) is 4.99. The first-order chi connectivity index (χ1) is 16.1. The zero-order valence-corrected chi connectivity index (χ0v) is 21.0. The number of carbonyl (C=O) groups is 1. The topological polar surface area (TPSA) is 119 Å². The lowest BCUT2D eigenvalue weighted by molar-refractivity contribution is -0.115. The normalized spacial score (nSPS) is 14.8. The average molecular weight is 476 g/mol. The van der Waals surface area contributed by atoms with E-state index in [-0.39, 0.29) is 18.1 Å². The predicted molar refractivity (Wildman–Crippen MR) is 136 cm³/mol. The third kappa shape index (κ3) is 8.06. The number of terminal acetylenes is 1. The summed E-state index contributed by atoms with van der Waals surface area (Å²) in [6.45, 7) is 9.08. The highest BCUT2D eigenvalue weighted by atomic mass is 32.2. The summed E-state index contributed by atoms with van der Waals surface area (Å²) in [5, 5.41) is 23.1. The molecule has 0 aromatic carbocycles. The predicted octanol–water partition coefficient (Wildman–Crippen LogP) is 3.05. The van der Waals surface area contributed by atoms with E-state index in [2.05, 4.69) is 38.9 Å². The van der Waals surface area contributed by atoms with E-state index in [1.54, 1.807) is 11.8 Å². The van der Waals surface area contributed by atoms with Crippen LogP contribution < -0.4 is 16.3 Å². The number of aliphatic hydroxyl groups is 1. The number of aliphatic hydroxyl groups excluding tert-OH is 1. The van der Waals surface area contributed by atoms with E-state index in [1.165, 1.54) is 0 Å². The van der Waals surface area contributed by atoms with Crippen molar-refractivity contribution >= 4 is 29.0 Å². The van der Waals surface area contributed by atoms with Gasteiger partial charge in [-0.05, 0) is 51.5 Å². The van der Waals surface area contributed by atoms with E-state index in [0.717, 1.165) is 41.3 Å². The van der Waals surface area contributed by atoms with E-state index in [9.17, 15) is 9.59 Å². The molecule has 1 amide bonds. The van der Waals surface area contributed by atoms with Gasteiger partial charge in [0.15, 0.2) is 0 Å². The number of nitrogens with zero attached hydrogens (tertiary/aromatic N) is 2. The highest BCUT2D eigenvalue weighted by molar-refractivity contribution is 7.99. The van der Waals surface area contributed by atoms with Gasteiger partial charge in [-0.1, -0.05) is 13.8 Å². The summed E-state index contributed by atoms with van der Waals surface area (Å²) in [5.41, 5.74) is 6.38. The van der Waals surface area contributed by atoms with Gasteiger partial charge in [0.2, 0.25) is 0 Å². The maximum absolute atomic E-state index is 13.0. The van der Waals surface area contributed by atoms with Crippen molar-refractivity contribution in [2.75, 3.05) is 25.4 Å². The van der Waals surface area contributed by atoms with Gasteiger partial charge in [-0.3, -0.25) is 9.59 Å². The van der Waals surface area contributed by atoms with Crippen LogP contribution >= 0.6 is 11.8 Å². The average Bonchev–Trinajstić information content (AvgIpc) is 3.69. The lowest BCUT2D eigenvalue weighted by Crippen LogP contribution is -2.32. The Hall–Kier alpha value is -2.57. The number of nitrogens with one attached hydrogen (secondary N) is 3. The van der Waals surface area contributed by atoms with Crippen LogP contribution in [0, 0.1) is 12.8 Å². The fraction of sp³-hybridized carbons (Fsp3) is 0.583. The first kappa shape index (κ1) is 28.5. The second kappa shape index (κ2) is 15.3. The molecule has 182 valence electrons. The van der Waals surface area contributed by atoms with Gasteiger partial charge in [0.25, 0.3) is 11.5 Å². The highest BCUT2D eigenvalue weighted by Crippen LogP contribution is 2.47. The van der Waals surface area contributed by atoms with Crippen molar-refractivity contribution in [1.82, 2.24) is 20.9 Å². The van der Waals surface area contributed by atoms with Crippen LogP contribution in [-0.4, -0.2) is 52.4 Å². The lowest BCUT2D eigenvalue weighted by atomic mass is 9.95. The Morgan fingerprint density at radius 2 is 2.03 bits per heavy atom. The van der Waals surface area contributed by atoms with Crippen LogP contribution in [0.4, 0.5) is 0 Å². The van der Waals surface area contributed by atoms with Gasteiger partial charge in [-0.25, -0.2) is 5.10 Å². The number of thioether (sulfide) groups is 1. The van der Waals surface area contributed by atoms with Crippen molar-refractivity contribution < 1.29 is 9.90 Å². The van der Waals surface area contributed by atoms with E-state index in [4.69, 9.17) is 5.11 Å². The van der Waals surface area contributed by atoms with Crippen LogP contribution in [0.25, 0.3) is 5.57 Å². The maximum atomic E-state index is 13.0. The molecule has 33 heavy (non-hydrogen) atoms. The number of hydrogen-bond acceptors (Lipinski definition) is 7. The molecule has 1 fully saturated rings. The SMILES string of the molecule is C#C.CC.CCN/N=C(/C)CCC1=C(C(=O)NCCCO)c2c(c(C3CC3)n[nH]c2=O)SC1. The van der Waals surface area contributed by atoms with Gasteiger partial charge in [-0.15, -0.1) is 24.6 Å². The molecule has 0 unspecified atom stereocenters. The number of fused-ring (bicyclic) bond motifs is 1. The van der Waals surface area contributed by atoms with Crippen LogP contribution in [0.1, 0.15) is 77.0 Å². The van der Waals surface area contributed by atoms with Crippen molar-refractivity contribution in [1.29, 1.82) is 0 Å². The van der Waals surface area contributed by atoms with E-state index < -0.39 is 0 Å². The molecule has 1 aromatic heterocycles. The van der Waals surface area contributed by atoms with Crippen LogP contribution in [-0.2, 0) is 4.79 Å². The monoisotopic (exact) mass is 475 g/mol. The molecule has 0 saturated heterocycles. The van der Waals surface area contributed by atoms with Crippen molar-refractivity contribution in [3.8, 4) is 12.8 Å². The largest absolute Gasteiger partial charge is 0.396 e. The Bertz CT molecular complexity index is 916. The van der Waals surface area contributed by atoms with E-state index in [0.29, 0.717) is 48.6 Å². The number of aromatic nitrogens is 2. The quantitative estimate of drug-likeness (QED) is 0.179. The number of hydrazone groups is 1. The number of rotatable bonds is 10. The fourth-order valence-corrected chi connectivity index (χ4v) is 4.61. The number of H-pyrrole nitrogens is 1. The molecule has 0 bridgehead atoms. The molecule has 9 heteroatoms. The fourth-order valence-electron chi connectivity index (χ4n) is 3.31. The lowest BCUT2D eigenvalue weighted by Gasteiger charge is -2.23. The van der Waals surface area contributed by atoms with Gasteiger partial charge in [0.05, 0.1) is 16.8 Å². The zero-order valence-electron chi connectivity index (χ0n) is 20.2. The second-order valence-electron chi connectivity index (χ2n) is 7.38. The van der Waals surface area contributed by atoms with Crippen LogP contribution in [0.5, 0.6) is 0 Å². The van der Waals surface area contributed by atoms with Gasteiger partial charge in [-0.2, -0.15) is 10.2 Å². The van der Waals surface area contributed by atoms with Crippen molar-refractivity contribution in [3.63, 3.8) is 0 Å². The van der Waals surface area contributed by atoms with Gasteiger partial charge >= 0.3 is 0 Å². The molecule has 0 radical (unpaired) electrons. The third-order valence-corrected chi connectivity index (χ3v) is 6.18. The summed E-state index contributed by atoms with van der Waals surface area (Å²) in [4.78, 5) is 26.6. The number of amides is 1. The van der Waals surface area contributed by atoms with Crippen LogP contribution in [0.15, 0.2) is 20.4 Å². The number of carbonyl (C=O) groups excluding carboxylic acids is 1. The first-order valence-electron chi connectivity index (χ1n) is 11.5. The molecule has 2 aliphatic rings. The van der Waals surface area contributed by atoms with Crippen LogP contribution in [0.2, 0.25) is 0 Å². The summed E-state index contributed by atoms with van der Waals surface area (Å²) < 4.78 is 0. The Morgan fingerprint density at radius 3 is 2.64 bits per heavy atom. The second-order valence-corrected chi connectivity index (χ2v) is 8.36. The number of hydrogen-bond donors (Lipinski definition) is 4. The summed E-state index contributed by atoms with van der Waals surface area (Å²) >= 11 is 1.61. The van der Waals surface area contributed by atoms with E-state index in [1.807, 2.05) is 27.7 Å². The molecule has 4 N–H and O–H groups in total. The summed E-state index contributed by atoms with van der Waals surface area (Å²) in [5.74, 6) is 0.785. The molecule has 0 spiro atoms. The molecule has 0 atom stereocenters. The summed E-state index contributed by atoms with van der Waals surface area (Å²) in [6, 6.07) is 0. The Morgan fingerprint density at radius 1 is 1.33 bits per heavy atom. The zero-order chi connectivity index (χ0) is 24.8. The summed E-state index contributed by atoms with van der Waals surface area (Å²) in [6.07, 6.45) is 12.0. The number of aromatic amines is 1. The molecule has 3 rings (SSSR count). The summed E-state index contributed by atoms with van der Waals surface area (Å²) in [7, 11) is 0. The molecular weight excluding hydrogens is 438 g/mol. The molecular formula is C24H37N5O3S. The molecule has 8 nitrogen and oxygen atoms in total. The minimum Gasteiger partial charge on any atom is -0.396 e. The van der Waals surface area contributed by atoms with Crippen LogP contribution in [0.3, 0.4) is 0 Å². The van der Waals surface area contributed by atoms with Crippen molar-refractivity contribution in [3.05, 3.63) is 27.2 Å². The Labute approximate surface area is 201 Å². The van der Waals surface area contributed by atoms with Gasteiger partial charge in [0, 0.05) is 42.0 Å². The van der Waals surface area contributed by atoms with Crippen molar-refractivity contribution in [2.45, 2.75) is 70.6 Å².